The summed E-state index contributed by atoms with van der Waals surface area (Å²) >= 11 is 0. The third kappa shape index (κ3) is 4.00. The van der Waals surface area contributed by atoms with Crippen molar-refractivity contribution >= 4 is 0 Å². The minimum Gasteiger partial charge on any atom is -0.309 e. The largest absolute Gasteiger partial charge is 0.309 e. The molecule has 0 amide bonds. The van der Waals surface area contributed by atoms with Crippen LogP contribution in [0.5, 0.6) is 0 Å². The molecule has 0 aromatic carbocycles. The molecule has 0 saturated carbocycles. The molecule has 1 aromatic rings. The first kappa shape index (κ1) is 12.2. The maximum absolute atomic E-state index is 4.42. The zero-order chi connectivity index (χ0) is 11.1. The maximum atomic E-state index is 4.42. The number of rotatable bonds is 6. The Labute approximate surface area is 93.1 Å². The predicted molar refractivity (Wildman–Crippen MR) is 64.8 cm³/mol. The predicted octanol–water partition coefficient (Wildman–Crippen LogP) is 2.92. The van der Waals surface area contributed by atoms with Gasteiger partial charge < -0.3 is 5.32 Å². The zero-order valence-electron chi connectivity index (χ0n) is 10.1. The van der Waals surface area contributed by atoms with Gasteiger partial charge in [0.1, 0.15) is 0 Å². The summed E-state index contributed by atoms with van der Waals surface area (Å²) in [5.41, 5.74) is 2.55. The summed E-state index contributed by atoms with van der Waals surface area (Å²) in [7, 11) is 0. The van der Waals surface area contributed by atoms with E-state index in [-0.39, 0.29) is 0 Å². The monoisotopic (exact) mass is 206 g/mol. The number of aryl methyl sites for hydroxylation is 1. The van der Waals surface area contributed by atoms with Gasteiger partial charge in [0.15, 0.2) is 0 Å². The Morgan fingerprint density at radius 3 is 2.87 bits per heavy atom. The number of pyridine rings is 1. The van der Waals surface area contributed by atoms with Gasteiger partial charge in [-0.05, 0) is 31.4 Å². The van der Waals surface area contributed by atoms with E-state index in [0.29, 0.717) is 6.04 Å². The van der Waals surface area contributed by atoms with Crippen molar-refractivity contribution in [3.63, 3.8) is 0 Å². The van der Waals surface area contributed by atoms with Gasteiger partial charge in [0.05, 0.1) is 5.69 Å². The van der Waals surface area contributed by atoms with Crippen LogP contribution in [0, 0.1) is 0 Å². The van der Waals surface area contributed by atoms with Gasteiger partial charge in [0.2, 0.25) is 0 Å². The molecule has 15 heavy (non-hydrogen) atoms. The minimum atomic E-state index is 0.585. The van der Waals surface area contributed by atoms with E-state index in [2.05, 4.69) is 37.1 Å². The zero-order valence-corrected chi connectivity index (χ0v) is 10.1. The lowest BCUT2D eigenvalue weighted by atomic mass is 10.1. The Kier molecular flexibility index (Phi) is 5.33. The van der Waals surface area contributed by atoms with Gasteiger partial charge in [0.25, 0.3) is 0 Å². The molecule has 0 aliphatic rings. The Hall–Kier alpha value is -0.890. The molecule has 0 saturated heterocycles. The van der Waals surface area contributed by atoms with Crippen molar-refractivity contribution in [2.75, 3.05) is 0 Å². The van der Waals surface area contributed by atoms with E-state index in [1.807, 2.05) is 12.3 Å². The maximum Gasteiger partial charge on any atom is 0.0573 e. The molecule has 0 radical (unpaired) electrons. The third-order valence-corrected chi connectivity index (χ3v) is 2.71. The molecular formula is C13H22N2. The molecule has 2 heteroatoms. The van der Waals surface area contributed by atoms with Crippen LogP contribution in [0.2, 0.25) is 0 Å². The Morgan fingerprint density at radius 1 is 1.40 bits per heavy atom. The van der Waals surface area contributed by atoms with Gasteiger partial charge >= 0.3 is 0 Å². The summed E-state index contributed by atoms with van der Waals surface area (Å²) in [6.07, 6.45) is 5.40. The van der Waals surface area contributed by atoms with Crippen LogP contribution in [0.4, 0.5) is 0 Å². The Morgan fingerprint density at radius 2 is 2.20 bits per heavy atom. The van der Waals surface area contributed by atoms with Crippen LogP contribution in [0.15, 0.2) is 18.3 Å². The summed E-state index contributed by atoms with van der Waals surface area (Å²) in [5, 5.41) is 3.51. The van der Waals surface area contributed by atoms with Crippen LogP contribution in [-0.2, 0) is 13.0 Å². The van der Waals surface area contributed by atoms with Gasteiger partial charge in [-0.15, -0.1) is 0 Å². The minimum absolute atomic E-state index is 0.585. The average Bonchev–Trinajstić information content (AvgIpc) is 2.27. The molecule has 0 bridgehead atoms. The second-order valence-corrected chi connectivity index (χ2v) is 4.03. The van der Waals surface area contributed by atoms with Gasteiger partial charge in [-0.25, -0.2) is 0 Å². The lowest BCUT2D eigenvalue weighted by molar-refractivity contribution is 0.503. The second kappa shape index (κ2) is 6.57. The standard InChI is InChI=1S/C13H22N2/c1-4-7-11(3)15-10-13-12(5-2)8-6-9-14-13/h6,8-9,11,15H,4-5,7,10H2,1-3H3. The summed E-state index contributed by atoms with van der Waals surface area (Å²) < 4.78 is 0. The highest BCUT2D eigenvalue weighted by Gasteiger charge is 2.03. The summed E-state index contributed by atoms with van der Waals surface area (Å²) in [5.74, 6) is 0. The van der Waals surface area contributed by atoms with E-state index in [9.17, 15) is 0 Å². The number of hydrogen-bond donors (Lipinski definition) is 1. The van der Waals surface area contributed by atoms with E-state index >= 15 is 0 Å². The van der Waals surface area contributed by atoms with Crippen molar-refractivity contribution in [3.8, 4) is 0 Å². The topological polar surface area (TPSA) is 24.9 Å². The van der Waals surface area contributed by atoms with Crippen molar-refractivity contribution in [1.82, 2.24) is 10.3 Å². The molecule has 0 aliphatic carbocycles. The van der Waals surface area contributed by atoms with E-state index in [4.69, 9.17) is 0 Å². The van der Waals surface area contributed by atoms with Crippen LogP contribution in [-0.4, -0.2) is 11.0 Å². The number of nitrogens with zero attached hydrogens (tertiary/aromatic N) is 1. The molecule has 1 aromatic heterocycles. The fourth-order valence-corrected chi connectivity index (χ4v) is 1.76. The highest BCUT2D eigenvalue weighted by molar-refractivity contribution is 5.19. The smallest absolute Gasteiger partial charge is 0.0573 e. The van der Waals surface area contributed by atoms with Crippen LogP contribution in [0.25, 0.3) is 0 Å². The fourth-order valence-electron chi connectivity index (χ4n) is 1.76. The lowest BCUT2D eigenvalue weighted by Crippen LogP contribution is -2.26. The molecule has 2 nitrogen and oxygen atoms in total. The summed E-state index contributed by atoms with van der Waals surface area (Å²) in [4.78, 5) is 4.42. The highest BCUT2D eigenvalue weighted by atomic mass is 14.9. The van der Waals surface area contributed by atoms with Crippen LogP contribution in [0.1, 0.15) is 44.9 Å². The van der Waals surface area contributed by atoms with Crippen molar-refractivity contribution in [2.45, 2.75) is 52.6 Å². The molecule has 1 atom stereocenters. The SMILES string of the molecule is CCCC(C)NCc1ncccc1CC. The first-order chi connectivity index (χ1) is 7.27. The van der Waals surface area contributed by atoms with Crippen molar-refractivity contribution in [2.24, 2.45) is 0 Å². The van der Waals surface area contributed by atoms with Gasteiger partial charge in [-0.1, -0.05) is 26.3 Å². The molecule has 0 fully saturated rings. The Balaban J connectivity index is 2.49. The van der Waals surface area contributed by atoms with Crippen molar-refractivity contribution in [3.05, 3.63) is 29.6 Å². The van der Waals surface area contributed by atoms with E-state index in [1.165, 1.54) is 24.1 Å². The number of nitrogens with one attached hydrogen (secondary N) is 1. The third-order valence-electron chi connectivity index (χ3n) is 2.71. The number of aromatic nitrogens is 1. The second-order valence-electron chi connectivity index (χ2n) is 4.03. The van der Waals surface area contributed by atoms with Crippen LogP contribution in [0.3, 0.4) is 0 Å². The highest BCUT2D eigenvalue weighted by Crippen LogP contribution is 2.06. The summed E-state index contributed by atoms with van der Waals surface area (Å²) in [6, 6.07) is 4.76. The molecule has 1 N–H and O–H groups in total. The van der Waals surface area contributed by atoms with E-state index in [1.54, 1.807) is 0 Å². The molecule has 84 valence electrons. The van der Waals surface area contributed by atoms with Gasteiger partial charge in [-0.2, -0.15) is 0 Å². The molecule has 1 heterocycles. The van der Waals surface area contributed by atoms with Gasteiger partial charge in [0, 0.05) is 18.8 Å². The number of hydrogen-bond acceptors (Lipinski definition) is 2. The normalized spacial score (nSPS) is 12.7. The average molecular weight is 206 g/mol. The quantitative estimate of drug-likeness (QED) is 0.774. The van der Waals surface area contributed by atoms with Crippen molar-refractivity contribution in [1.29, 1.82) is 0 Å². The molecule has 1 rings (SSSR count). The molecule has 1 unspecified atom stereocenters. The van der Waals surface area contributed by atoms with E-state index < -0.39 is 0 Å². The van der Waals surface area contributed by atoms with Crippen LogP contribution < -0.4 is 5.32 Å². The first-order valence-corrected chi connectivity index (χ1v) is 5.94. The van der Waals surface area contributed by atoms with E-state index in [0.717, 1.165) is 13.0 Å². The van der Waals surface area contributed by atoms with Gasteiger partial charge in [-0.3, -0.25) is 4.98 Å². The first-order valence-electron chi connectivity index (χ1n) is 5.94. The van der Waals surface area contributed by atoms with Crippen LogP contribution >= 0.6 is 0 Å². The lowest BCUT2D eigenvalue weighted by Gasteiger charge is -2.13. The fraction of sp³-hybridized carbons (Fsp3) is 0.615. The Bertz CT molecular complexity index is 284. The molecule has 0 aliphatic heterocycles. The summed E-state index contributed by atoms with van der Waals surface area (Å²) in [6.45, 7) is 7.52. The molecule has 0 spiro atoms. The van der Waals surface area contributed by atoms with Crippen molar-refractivity contribution < 1.29 is 0 Å². The molecular weight excluding hydrogens is 184 g/mol.